The molecule has 0 spiro atoms. The van der Waals surface area contributed by atoms with Crippen LogP contribution in [-0.2, 0) is 23.7 Å². The van der Waals surface area contributed by atoms with Crippen molar-refractivity contribution >= 4 is 12.1 Å². The Hall–Kier alpha value is -3.06. The summed E-state index contributed by atoms with van der Waals surface area (Å²) in [6.07, 6.45) is -2.65. The van der Waals surface area contributed by atoms with E-state index in [4.69, 9.17) is 29.4 Å². The number of hydrogen-bond acceptors (Lipinski definition) is 10. The van der Waals surface area contributed by atoms with Crippen molar-refractivity contribution in [3.8, 4) is 0 Å². The average molecular weight is 447 g/mol. The number of nitrogens with zero attached hydrogens (tertiary/aromatic N) is 4. The summed E-state index contributed by atoms with van der Waals surface area (Å²) in [6, 6.07) is 9.42. The number of nitrogens with two attached hydrogens (primary N) is 1. The molecule has 4 rings (SSSR count). The highest BCUT2D eigenvalue weighted by Gasteiger charge is 2.54. The van der Waals surface area contributed by atoms with Crippen molar-refractivity contribution in [2.45, 2.75) is 30.8 Å². The molecule has 2 aliphatic rings. The number of rotatable bonds is 8. The Morgan fingerprint density at radius 1 is 1.12 bits per heavy atom. The maximum atomic E-state index is 11.9. The van der Waals surface area contributed by atoms with Crippen LogP contribution in [0.1, 0.15) is 28.7 Å². The lowest BCUT2D eigenvalue weighted by Crippen LogP contribution is -2.33. The summed E-state index contributed by atoms with van der Waals surface area (Å²) in [5.74, 6) is -0.905. The molecule has 0 saturated carbocycles. The van der Waals surface area contributed by atoms with Gasteiger partial charge in [0.2, 0.25) is 5.82 Å². The Labute approximate surface area is 184 Å². The first-order valence-corrected chi connectivity index (χ1v) is 10.1. The molecule has 2 N–H and O–H groups in total. The molecule has 2 aliphatic heterocycles. The van der Waals surface area contributed by atoms with E-state index in [-0.39, 0.29) is 19.0 Å². The van der Waals surface area contributed by atoms with E-state index in [0.29, 0.717) is 6.54 Å². The van der Waals surface area contributed by atoms with E-state index < -0.39 is 42.9 Å². The molecule has 3 unspecified atom stereocenters. The van der Waals surface area contributed by atoms with Crippen LogP contribution in [0.4, 0.5) is 4.79 Å². The first kappa shape index (κ1) is 22.1. The lowest BCUT2D eigenvalue weighted by molar-refractivity contribution is -0.157. The molecule has 1 aromatic carbocycles. The Balaban J connectivity index is 1.45. The van der Waals surface area contributed by atoms with Gasteiger partial charge in [0.1, 0.15) is 37.9 Å². The van der Waals surface area contributed by atoms with Crippen molar-refractivity contribution in [2.24, 2.45) is 5.73 Å². The third kappa shape index (κ3) is 4.88. The standard InChI is InChI=1S/C20H25N5O7/c1-24(2)8-9-28-20(27)29-10-13-14-15(32-19(31-14)12-6-4-3-5-7-12)18(30-13)25-11-22-17(23-25)16(21)26/h3-7,11,13-15,18-19H,8-10H2,1-2H3,(H2,21,26)/t13?,14?,15-,18?,19+/m1/s1. The molecule has 0 bridgehead atoms. The monoisotopic (exact) mass is 447 g/mol. The van der Waals surface area contributed by atoms with E-state index >= 15 is 0 Å². The van der Waals surface area contributed by atoms with Crippen molar-refractivity contribution < 1.29 is 33.3 Å². The molecule has 1 amide bonds. The molecule has 32 heavy (non-hydrogen) atoms. The predicted octanol–water partition coefficient (Wildman–Crippen LogP) is 0.472. The molecular formula is C20H25N5O7. The van der Waals surface area contributed by atoms with Gasteiger partial charge in [-0.05, 0) is 14.1 Å². The van der Waals surface area contributed by atoms with E-state index in [2.05, 4.69) is 10.1 Å². The number of likely N-dealkylation sites (N-methyl/N-ethyl adjacent to an activating group) is 1. The van der Waals surface area contributed by atoms with Crippen molar-refractivity contribution in [3.63, 3.8) is 0 Å². The molecule has 0 radical (unpaired) electrons. The summed E-state index contributed by atoms with van der Waals surface area (Å²) in [7, 11) is 3.74. The maximum absolute atomic E-state index is 11.9. The SMILES string of the molecule is CN(C)CCOC(=O)OCC1OC(n2cnc(C(N)=O)n2)[C@@H]2O[C@@H](c3ccccc3)OC12. The van der Waals surface area contributed by atoms with Gasteiger partial charge in [-0.25, -0.2) is 14.5 Å². The number of ether oxygens (including phenoxy) is 5. The molecule has 2 aromatic rings. The van der Waals surface area contributed by atoms with Crippen molar-refractivity contribution in [1.29, 1.82) is 0 Å². The summed E-state index contributed by atoms with van der Waals surface area (Å²) in [5.41, 5.74) is 6.08. The Kier molecular flexibility index (Phi) is 6.65. The van der Waals surface area contributed by atoms with Gasteiger partial charge in [0.25, 0.3) is 5.91 Å². The molecule has 1 aromatic heterocycles. The zero-order chi connectivity index (χ0) is 22.7. The first-order chi connectivity index (χ1) is 15.4. The zero-order valence-electron chi connectivity index (χ0n) is 17.7. The van der Waals surface area contributed by atoms with Gasteiger partial charge in [-0.1, -0.05) is 30.3 Å². The minimum Gasteiger partial charge on any atom is -0.433 e. The quantitative estimate of drug-likeness (QED) is 0.568. The Morgan fingerprint density at radius 3 is 2.56 bits per heavy atom. The summed E-state index contributed by atoms with van der Waals surface area (Å²) < 4.78 is 29.8. The van der Waals surface area contributed by atoms with Crippen LogP contribution >= 0.6 is 0 Å². The molecule has 0 aliphatic carbocycles. The van der Waals surface area contributed by atoms with Gasteiger partial charge in [0.05, 0.1) is 0 Å². The topological polar surface area (TPSA) is 140 Å². The number of fused-ring (bicyclic) bond motifs is 1. The van der Waals surface area contributed by atoms with Crippen molar-refractivity contribution in [3.05, 3.63) is 48.0 Å². The zero-order valence-corrected chi connectivity index (χ0v) is 17.7. The smallest absolute Gasteiger partial charge is 0.433 e. The lowest BCUT2D eigenvalue weighted by Gasteiger charge is -2.20. The lowest BCUT2D eigenvalue weighted by atomic mass is 10.1. The van der Waals surface area contributed by atoms with Crippen molar-refractivity contribution in [1.82, 2.24) is 19.7 Å². The van der Waals surface area contributed by atoms with Gasteiger partial charge in [-0.2, -0.15) is 0 Å². The fourth-order valence-corrected chi connectivity index (χ4v) is 3.46. The summed E-state index contributed by atoms with van der Waals surface area (Å²) in [5, 5.41) is 4.07. The fourth-order valence-electron chi connectivity index (χ4n) is 3.46. The second-order valence-corrected chi connectivity index (χ2v) is 7.63. The minimum atomic E-state index is -0.800. The van der Waals surface area contributed by atoms with Crippen LogP contribution in [0.2, 0.25) is 0 Å². The van der Waals surface area contributed by atoms with Gasteiger partial charge in [0.15, 0.2) is 12.5 Å². The van der Waals surface area contributed by atoms with E-state index in [9.17, 15) is 9.59 Å². The normalized spacial score (nSPS) is 26.8. The summed E-state index contributed by atoms with van der Waals surface area (Å²) in [4.78, 5) is 29.1. The van der Waals surface area contributed by atoms with Crippen LogP contribution < -0.4 is 5.73 Å². The number of carbonyl (C=O) groups is 2. The van der Waals surface area contributed by atoms with Gasteiger partial charge in [0, 0.05) is 12.1 Å². The average Bonchev–Trinajstić information content (AvgIpc) is 3.48. The maximum Gasteiger partial charge on any atom is 0.508 e. The minimum absolute atomic E-state index is 0.110. The van der Waals surface area contributed by atoms with E-state index in [1.165, 1.54) is 11.0 Å². The first-order valence-electron chi connectivity index (χ1n) is 10.1. The molecule has 172 valence electrons. The van der Waals surface area contributed by atoms with E-state index in [1.807, 2.05) is 49.3 Å². The highest BCUT2D eigenvalue weighted by atomic mass is 16.8. The van der Waals surface area contributed by atoms with Gasteiger partial charge in [-0.3, -0.25) is 4.79 Å². The molecule has 2 saturated heterocycles. The predicted molar refractivity (Wildman–Crippen MR) is 107 cm³/mol. The van der Waals surface area contributed by atoms with Crippen LogP contribution in [0.3, 0.4) is 0 Å². The Bertz CT molecular complexity index is 937. The van der Waals surface area contributed by atoms with Crippen LogP contribution in [0.25, 0.3) is 0 Å². The summed E-state index contributed by atoms with van der Waals surface area (Å²) >= 11 is 0. The number of aromatic nitrogens is 3. The molecular weight excluding hydrogens is 422 g/mol. The van der Waals surface area contributed by atoms with E-state index in [0.717, 1.165) is 5.56 Å². The number of hydrogen-bond donors (Lipinski definition) is 1. The van der Waals surface area contributed by atoms with E-state index in [1.54, 1.807) is 0 Å². The van der Waals surface area contributed by atoms with Gasteiger partial charge in [-0.15, -0.1) is 5.10 Å². The van der Waals surface area contributed by atoms with Crippen LogP contribution in [0, 0.1) is 0 Å². The Morgan fingerprint density at radius 2 is 1.88 bits per heavy atom. The third-order valence-corrected chi connectivity index (χ3v) is 5.03. The number of carbonyl (C=O) groups excluding carboxylic acids is 2. The van der Waals surface area contributed by atoms with Crippen LogP contribution in [0.5, 0.6) is 0 Å². The second-order valence-electron chi connectivity index (χ2n) is 7.63. The molecule has 12 nitrogen and oxygen atoms in total. The summed E-state index contributed by atoms with van der Waals surface area (Å²) in [6.45, 7) is 0.670. The van der Waals surface area contributed by atoms with Crippen LogP contribution in [-0.4, -0.2) is 83.9 Å². The number of primary amides is 1. The largest absolute Gasteiger partial charge is 0.508 e. The number of amides is 1. The highest BCUT2D eigenvalue weighted by Crippen LogP contribution is 2.43. The third-order valence-electron chi connectivity index (χ3n) is 5.03. The number of benzene rings is 1. The van der Waals surface area contributed by atoms with Gasteiger partial charge >= 0.3 is 6.16 Å². The van der Waals surface area contributed by atoms with Crippen LogP contribution in [0.15, 0.2) is 36.7 Å². The highest BCUT2D eigenvalue weighted by molar-refractivity contribution is 5.88. The van der Waals surface area contributed by atoms with Gasteiger partial charge < -0.3 is 34.3 Å². The molecule has 3 heterocycles. The molecule has 2 fully saturated rings. The van der Waals surface area contributed by atoms with Crippen molar-refractivity contribution in [2.75, 3.05) is 33.9 Å². The fraction of sp³-hybridized carbons (Fsp3) is 0.500. The molecule has 12 heteroatoms. The second kappa shape index (κ2) is 9.61. The molecule has 5 atom stereocenters.